The second-order valence-corrected chi connectivity index (χ2v) is 7.97. The van der Waals surface area contributed by atoms with E-state index in [2.05, 4.69) is 31.1 Å². The molecule has 1 aliphatic rings. The first-order chi connectivity index (χ1) is 15.4. The summed E-state index contributed by atoms with van der Waals surface area (Å²) in [6.07, 6.45) is 6.68. The van der Waals surface area contributed by atoms with E-state index in [9.17, 15) is 9.59 Å². The molecule has 1 saturated carbocycles. The van der Waals surface area contributed by atoms with Crippen LogP contribution >= 0.6 is 11.6 Å². The molecule has 4 aromatic heterocycles. The maximum atomic E-state index is 13.1. The van der Waals surface area contributed by atoms with Crippen LogP contribution in [0.4, 0.5) is 17.3 Å². The van der Waals surface area contributed by atoms with Crippen LogP contribution in [0.2, 0.25) is 5.02 Å². The molecule has 32 heavy (non-hydrogen) atoms. The molecule has 11 nitrogen and oxygen atoms in total. The standard InChI is InChI=1S/C20H20ClN9O2/c1-22-17-8-15(26-18-13(9-23-30(17)18)19(31)24-12-3-4-12)25-14-7-11(21)10-29(20(14)32)16-5-6-28(2)27-16/h5-10,12,22H,3-4H2,1-2H3,(H,24,31)(H,25,26). The first-order valence-corrected chi connectivity index (χ1v) is 10.4. The number of carbonyl (C=O) groups excluding carboxylic acids is 1. The number of anilines is 3. The fourth-order valence-electron chi connectivity index (χ4n) is 3.33. The number of aromatic nitrogens is 6. The van der Waals surface area contributed by atoms with Crippen LogP contribution in [0.25, 0.3) is 11.5 Å². The number of carbonyl (C=O) groups is 1. The summed E-state index contributed by atoms with van der Waals surface area (Å²) in [5, 5.41) is 17.9. The first kappa shape index (κ1) is 20.1. The molecule has 0 unspecified atom stereocenters. The number of fused-ring (bicyclic) bond motifs is 1. The lowest BCUT2D eigenvalue weighted by molar-refractivity contribution is 0.0952. The molecule has 5 rings (SSSR count). The van der Waals surface area contributed by atoms with Crippen molar-refractivity contribution in [3.05, 3.63) is 57.7 Å². The third kappa shape index (κ3) is 3.66. The van der Waals surface area contributed by atoms with E-state index >= 15 is 0 Å². The number of pyridine rings is 1. The van der Waals surface area contributed by atoms with Gasteiger partial charge in [0.2, 0.25) is 0 Å². The number of amides is 1. The van der Waals surface area contributed by atoms with Crippen LogP contribution in [-0.4, -0.2) is 47.9 Å². The van der Waals surface area contributed by atoms with Crippen molar-refractivity contribution in [1.29, 1.82) is 0 Å². The highest BCUT2D eigenvalue weighted by Crippen LogP contribution is 2.24. The monoisotopic (exact) mass is 453 g/mol. The molecule has 0 saturated heterocycles. The van der Waals surface area contributed by atoms with E-state index < -0.39 is 0 Å². The van der Waals surface area contributed by atoms with E-state index in [4.69, 9.17) is 11.6 Å². The first-order valence-electron chi connectivity index (χ1n) is 9.99. The number of aryl methyl sites for hydroxylation is 1. The van der Waals surface area contributed by atoms with Crippen molar-refractivity contribution in [2.24, 2.45) is 7.05 Å². The Morgan fingerprint density at radius 3 is 2.78 bits per heavy atom. The number of hydrogen-bond donors (Lipinski definition) is 3. The Bertz CT molecular complexity index is 1400. The summed E-state index contributed by atoms with van der Waals surface area (Å²) < 4.78 is 4.49. The third-order valence-electron chi connectivity index (χ3n) is 5.08. The third-order valence-corrected chi connectivity index (χ3v) is 5.28. The molecule has 0 bridgehead atoms. The normalized spacial score (nSPS) is 13.3. The van der Waals surface area contributed by atoms with E-state index in [0.29, 0.717) is 33.7 Å². The highest BCUT2D eigenvalue weighted by molar-refractivity contribution is 6.30. The molecule has 0 aliphatic heterocycles. The summed E-state index contributed by atoms with van der Waals surface area (Å²) in [5.74, 6) is 1.16. The van der Waals surface area contributed by atoms with Crippen molar-refractivity contribution in [3.63, 3.8) is 0 Å². The van der Waals surface area contributed by atoms with Crippen LogP contribution in [0, 0.1) is 0 Å². The van der Waals surface area contributed by atoms with E-state index in [-0.39, 0.29) is 23.2 Å². The largest absolute Gasteiger partial charge is 0.373 e. The quantitative estimate of drug-likeness (QED) is 0.407. The zero-order valence-corrected chi connectivity index (χ0v) is 18.1. The average Bonchev–Trinajstić information content (AvgIpc) is 3.30. The van der Waals surface area contributed by atoms with Gasteiger partial charge in [0, 0.05) is 44.7 Å². The molecule has 1 amide bonds. The molecule has 1 fully saturated rings. The van der Waals surface area contributed by atoms with Gasteiger partial charge in [-0.15, -0.1) is 0 Å². The Kier molecular flexibility index (Phi) is 4.82. The van der Waals surface area contributed by atoms with Crippen molar-refractivity contribution in [3.8, 4) is 5.82 Å². The van der Waals surface area contributed by atoms with Gasteiger partial charge in [-0.1, -0.05) is 11.6 Å². The van der Waals surface area contributed by atoms with E-state index in [1.165, 1.54) is 27.5 Å². The minimum absolute atomic E-state index is 0.207. The Labute approximate surface area is 187 Å². The number of rotatable bonds is 6. The molecular weight excluding hydrogens is 434 g/mol. The molecule has 1 aliphatic carbocycles. The molecule has 3 N–H and O–H groups in total. The van der Waals surface area contributed by atoms with Gasteiger partial charge in [0.1, 0.15) is 22.9 Å². The SMILES string of the molecule is CNc1cc(Nc2cc(Cl)cn(-c3ccn(C)n3)c2=O)nc2c(C(=O)NC3CC3)cnn12. The van der Waals surface area contributed by atoms with E-state index in [1.807, 2.05) is 0 Å². The molecular formula is C20H20ClN9O2. The zero-order valence-electron chi connectivity index (χ0n) is 17.3. The van der Waals surface area contributed by atoms with Crippen molar-refractivity contribution < 1.29 is 4.79 Å². The fourth-order valence-corrected chi connectivity index (χ4v) is 3.54. The summed E-state index contributed by atoms with van der Waals surface area (Å²) >= 11 is 6.27. The molecule has 0 radical (unpaired) electrons. The van der Waals surface area contributed by atoms with Gasteiger partial charge >= 0.3 is 0 Å². The van der Waals surface area contributed by atoms with Gasteiger partial charge in [-0.05, 0) is 18.9 Å². The average molecular weight is 454 g/mol. The number of halogens is 1. The lowest BCUT2D eigenvalue weighted by atomic mass is 10.3. The molecule has 4 aromatic rings. The Morgan fingerprint density at radius 1 is 1.28 bits per heavy atom. The lowest BCUT2D eigenvalue weighted by Crippen LogP contribution is -2.25. The molecule has 4 heterocycles. The summed E-state index contributed by atoms with van der Waals surface area (Å²) in [6.45, 7) is 0. The number of hydrogen-bond acceptors (Lipinski definition) is 7. The summed E-state index contributed by atoms with van der Waals surface area (Å²) in [6, 6.07) is 5.13. The van der Waals surface area contributed by atoms with Gasteiger partial charge in [-0.2, -0.15) is 14.7 Å². The van der Waals surface area contributed by atoms with Crippen LogP contribution < -0.4 is 21.5 Å². The summed E-state index contributed by atoms with van der Waals surface area (Å²) in [5.41, 5.74) is 0.588. The second kappa shape index (κ2) is 7.68. The molecule has 164 valence electrons. The van der Waals surface area contributed by atoms with Crippen LogP contribution in [-0.2, 0) is 7.05 Å². The highest BCUT2D eigenvalue weighted by atomic mass is 35.5. The van der Waals surface area contributed by atoms with Gasteiger partial charge in [0.05, 0.1) is 11.2 Å². The van der Waals surface area contributed by atoms with Gasteiger partial charge in [-0.3, -0.25) is 18.8 Å². The maximum Gasteiger partial charge on any atom is 0.280 e. The minimum atomic E-state index is -0.346. The number of nitrogens with one attached hydrogen (secondary N) is 3. The van der Waals surface area contributed by atoms with E-state index in [0.717, 1.165) is 12.8 Å². The summed E-state index contributed by atoms with van der Waals surface area (Å²) in [4.78, 5) is 30.2. The highest BCUT2D eigenvalue weighted by Gasteiger charge is 2.26. The maximum absolute atomic E-state index is 13.1. The smallest absolute Gasteiger partial charge is 0.280 e. The van der Waals surface area contributed by atoms with Crippen LogP contribution in [0.3, 0.4) is 0 Å². The van der Waals surface area contributed by atoms with Crippen LogP contribution in [0.5, 0.6) is 0 Å². The van der Waals surface area contributed by atoms with Gasteiger partial charge in [0.25, 0.3) is 11.5 Å². The molecule has 0 spiro atoms. The molecule has 12 heteroatoms. The topological polar surface area (TPSA) is 123 Å². The van der Waals surface area contributed by atoms with Crippen molar-refractivity contribution in [2.45, 2.75) is 18.9 Å². The van der Waals surface area contributed by atoms with Crippen LogP contribution in [0.1, 0.15) is 23.2 Å². The van der Waals surface area contributed by atoms with Gasteiger partial charge in [-0.25, -0.2) is 4.98 Å². The second-order valence-electron chi connectivity index (χ2n) is 7.54. The van der Waals surface area contributed by atoms with Crippen molar-refractivity contribution >= 4 is 40.5 Å². The predicted octanol–water partition coefficient (Wildman–Crippen LogP) is 1.94. The predicted molar refractivity (Wildman–Crippen MR) is 120 cm³/mol. The summed E-state index contributed by atoms with van der Waals surface area (Å²) in [7, 11) is 3.50. The Hall–Kier alpha value is -3.86. The number of nitrogens with zero attached hydrogens (tertiary/aromatic N) is 6. The fraction of sp³-hybridized carbons (Fsp3) is 0.250. The van der Waals surface area contributed by atoms with E-state index in [1.54, 1.807) is 37.1 Å². The Morgan fingerprint density at radius 2 is 2.09 bits per heavy atom. The lowest BCUT2D eigenvalue weighted by Gasteiger charge is -2.11. The molecule has 0 aromatic carbocycles. The van der Waals surface area contributed by atoms with Gasteiger partial charge < -0.3 is 16.0 Å². The van der Waals surface area contributed by atoms with Crippen molar-refractivity contribution in [2.75, 3.05) is 17.7 Å². The van der Waals surface area contributed by atoms with Gasteiger partial charge in [0.15, 0.2) is 11.5 Å². The molecule has 0 atom stereocenters. The minimum Gasteiger partial charge on any atom is -0.373 e. The van der Waals surface area contributed by atoms with Crippen LogP contribution in [0.15, 0.2) is 41.6 Å². The zero-order chi connectivity index (χ0) is 22.4. The Balaban J connectivity index is 1.56. The van der Waals surface area contributed by atoms with Crippen molar-refractivity contribution in [1.82, 2.24) is 34.3 Å².